The lowest BCUT2D eigenvalue weighted by atomic mass is 10.1. The molecule has 0 heterocycles. The number of anilines is 1. The smallest absolute Gasteiger partial charge is 0.336 e. The first-order valence-corrected chi connectivity index (χ1v) is 7.29. The van der Waals surface area contributed by atoms with E-state index in [1.54, 1.807) is 19.9 Å². The lowest BCUT2D eigenvalue weighted by Crippen LogP contribution is -2.37. The quantitative estimate of drug-likeness (QED) is 0.507. The first kappa shape index (κ1) is 16.4. The second-order valence-corrected chi connectivity index (χ2v) is 6.09. The Kier molecular flexibility index (Phi) is 5.09. The highest BCUT2D eigenvalue weighted by atomic mass is 32.2. The Balaban J connectivity index is 2.98. The monoisotopic (exact) mass is 302 g/mol. The third kappa shape index (κ3) is 3.69. The molecule has 0 saturated carbocycles. The Morgan fingerprint density at radius 1 is 1.45 bits per heavy atom. The lowest BCUT2D eigenvalue weighted by molar-refractivity contribution is -0.149. The molecule has 0 aliphatic heterocycles. The van der Waals surface area contributed by atoms with Gasteiger partial charge in [0.25, 0.3) is 0 Å². The van der Waals surface area contributed by atoms with Gasteiger partial charge in [-0.2, -0.15) is 0 Å². The average molecular weight is 302 g/mol. The number of sulfonamides is 1. The standard InChI is InChI=1S/C12H18N2O5S/c1-7-4-9(13)5-11(8(7)2)20(17,18)14-6-10(15)12(16)19-3/h4-5,10,14-15H,6,13H2,1-3H3. The Morgan fingerprint density at radius 2 is 2.05 bits per heavy atom. The third-order valence-electron chi connectivity index (χ3n) is 2.87. The van der Waals surface area contributed by atoms with Crippen molar-refractivity contribution >= 4 is 21.7 Å². The van der Waals surface area contributed by atoms with Gasteiger partial charge in [0.1, 0.15) is 0 Å². The van der Waals surface area contributed by atoms with Crippen LogP contribution in [0.15, 0.2) is 17.0 Å². The van der Waals surface area contributed by atoms with Crippen molar-refractivity contribution in [1.29, 1.82) is 0 Å². The number of carbonyl (C=O) groups is 1. The molecule has 0 aliphatic carbocycles. The van der Waals surface area contributed by atoms with Crippen LogP contribution < -0.4 is 10.5 Å². The molecule has 20 heavy (non-hydrogen) atoms. The molecule has 0 spiro atoms. The van der Waals surface area contributed by atoms with Crippen LogP contribution in [0, 0.1) is 13.8 Å². The van der Waals surface area contributed by atoms with Gasteiger partial charge in [0, 0.05) is 12.2 Å². The zero-order chi connectivity index (χ0) is 15.5. The zero-order valence-corrected chi connectivity index (χ0v) is 12.3. The van der Waals surface area contributed by atoms with Crippen LogP contribution in [0.2, 0.25) is 0 Å². The second-order valence-electron chi connectivity index (χ2n) is 4.35. The van der Waals surface area contributed by atoms with Crippen LogP contribution in [0.4, 0.5) is 5.69 Å². The molecule has 112 valence electrons. The zero-order valence-electron chi connectivity index (χ0n) is 11.5. The summed E-state index contributed by atoms with van der Waals surface area (Å²) >= 11 is 0. The fourth-order valence-corrected chi connectivity index (χ4v) is 3.01. The van der Waals surface area contributed by atoms with Gasteiger partial charge in [0.2, 0.25) is 10.0 Å². The fraction of sp³-hybridized carbons (Fsp3) is 0.417. The molecule has 0 fully saturated rings. The molecule has 7 nitrogen and oxygen atoms in total. The van der Waals surface area contributed by atoms with Crippen molar-refractivity contribution in [1.82, 2.24) is 4.72 Å². The van der Waals surface area contributed by atoms with Crippen molar-refractivity contribution in [3.8, 4) is 0 Å². The molecular formula is C12H18N2O5S. The lowest BCUT2D eigenvalue weighted by Gasteiger charge is -2.13. The van der Waals surface area contributed by atoms with E-state index in [4.69, 9.17) is 5.73 Å². The van der Waals surface area contributed by atoms with Crippen molar-refractivity contribution in [2.45, 2.75) is 24.8 Å². The van der Waals surface area contributed by atoms with E-state index in [0.717, 1.165) is 12.7 Å². The molecule has 4 N–H and O–H groups in total. The number of aliphatic hydroxyl groups excluding tert-OH is 1. The highest BCUT2D eigenvalue weighted by Gasteiger charge is 2.22. The number of rotatable bonds is 5. The van der Waals surface area contributed by atoms with Gasteiger partial charge >= 0.3 is 5.97 Å². The fourth-order valence-electron chi connectivity index (χ4n) is 1.62. The maximum absolute atomic E-state index is 12.1. The third-order valence-corrected chi connectivity index (χ3v) is 4.42. The van der Waals surface area contributed by atoms with Crippen LogP contribution in [0.1, 0.15) is 11.1 Å². The number of carbonyl (C=O) groups excluding carboxylic acids is 1. The summed E-state index contributed by atoms with van der Waals surface area (Å²) < 4.78 is 30.7. The van der Waals surface area contributed by atoms with Crippen LogP contribution in [-0.2, 0) is 19.6 Å². The predicted octanol–water partition coefficient (Wildman–Crippen LogP) is -0.302. The molecule has 0 aliphatic rings. The van der Waals surface area contributed by atoms with E-state index in [1.807, 2.05) is 0 Å². The molecule has 0 radical (unpaired) electrons. The summed E-state index contributed by atoms with van der Waals surface area (Å²) in [7, 11) is -2.77. The summed E-state index contributed by atoms with van der Waals surface area (Å²) in [6.45, 7) is 2.93. The van der Waals surface area contributed by atoms with Gasteiger partial charge in [-0.15, -0.1) is 0 Å². The number of methoxy groups -OCH3 is 1. The van der Waals surface area contributed by atoms with Crippen LogP contribution >= 0.6 is 0 Å². The van der Waals surface area contributed by atoms with E-state index < -0.39 is 28.6 Å². The molecule has 0 amide bonds. The second kappa shape index (κ2) is 6.21. The van der Waals surface area contributed by atoms with Crippen LogP contribution in [-0.4, -0.2) is 39.3 Å². The topological polar surface area (TPSA) is 119 Å². The molecule has 8 heteroatoms. The van der Waals surface area contributed by atoms with Gasteiger partial charge in [-0.3, -0.25) is 0 Å². The highest BCUT2D eigenvalue weighted by Crippen LogP contribution is 2.22. The molecule has 1 aromatic carbocycles. The first-order chi connectivity index (χ1) is 9.19. The van der Waals surface area contributed by atoms with E-state index in [-0.39, 0.29) is 4.90 Å². The maximum Gasteiger partial charge on any atom is 0.336 e. The number of nitrogens with one attached hydrogen (secondary N) is 1. The summed E-state index contributed by atoms with van der Waals surface area (Å²) in [6, 6.07) is 2.99. The van der Waals surface area contributed by atoms with E-state index in [9.17, 15) is 18.3 Å². The van der Waals surface area contributed by atoms with Gasteiger partial charge < -0.3 is 15.6 Å². The van der Waals surface area contributed by atoms with Gasteiger partial charge in [0.05, 0.1) is 12.0 Å². The number of benzene rings is 1. The predicted molar refractivity (Wildman–Crippen MR) is 73.5 cm³/mol. The molecule has 1 rings (SSSR count). The minimum absolute atomic E-state index is 0.0204. The van der Waals surface area contributed by atoms with Crippen LogP contribution in [0.25, 0.3) is 0 Å². The number of aliphatic hydroxyl groups is 1. The number of hydrogen-bond acceptors (Lipinski definition) is 6. The molecule has 0 aromatic heterocycles. The molecule has 0 bridgehead atoms. The van der Waals surface area contributed by atoms with Crippen molar-refractivity contribution < 1.29 is 23.1 Å². The summed E-state index contributed by atoms with van der Waals surface area (Å²) in [5.74, 6) is -0.909. The Hall–Kier alpha value is -1.64. The Labute approximate surface area is 117 Å². The van der Waals surface area contributed by atoms with Crippen LogP contribution in [0.3, 0.4) is 0 Å². The Morgan fingerprint density at radius 3 is 2.60 bits per heavy atom. The van der Waals surface area contributed by atoms with Gasteiger partial charge in [-0.25, -0.2) is 17.9 Å². The van der Waals surface area contributed by atoms with E-state index in [0.29, 0.717) is 11.3 Å². The SMILES string of the molecule is COC(=O)C(O)CNS(=O)(=O)c1cc(N)cc(C)c1C. The average Bonchev–Trinajstić information content (AvgIpc) is 2.39. The minimum atomic E-state index is -3.87. The van der Waals surface area contributed by atoms with Gasteiger partial charge in [0.15, 0.2) is 6.10 Å². The van der Waals surface area contributed by atoms with Crippen LogP contribution in [0.5, 0.6) is 0 Å². The normalized spacial score (nSPS) is 13.0. The summed E-state index contributed by atoms with van der Waals surface area (Å²) in [6.07, 6.45) is -1.56. The van der Waals surface area contributed by atoms with Crippen molar-refractivity contribution in [3.63, 3.8) is 0 Å². The largest absolute Gasteiger partial charge is 0.467 e. The van der Waals surface area contributed by atoms with E-state index >= 15 is 0 Å². The molecular weight excluding hydrogens is 284 g/mol. The van der Waals surface area contributed by atoms with Gasteiger partial charge in [-0.05, 0) is 37.1 Å². The minimum Gasteiger partial charge on any atom is -0.467 e. The number of hydrogen-bond donors (Lipinski definition) is 3. The number of ether oxygens (including phenoxy) is 1. The molecule has 1 aromatic rings. The highest BCUT2D eigenvalue weighted by molar-refractivity contribution is 7.89. The maximum atomic E-state index is 12.1. The molecule has 1 unspecified atom stereocenters. The summed E-state index contributed by atoms with van der Waals surface area (Å²) in [5, 5.41) is 9.38. The molecule has 1 atom stereocenters. The van der Waals surface area contributed by atoms with Crippen molar-refractivity contribution in [2.24, 2.45) is 0 Å². The molecule has 0 saturated heterocycles. The number of nitrogen functional groups attached to an aromatic ring is 1. The van der Waals surface area contributed by atoms with E-state index in [1.165, 1.54) is 6.07 Å². The van der Waals surface area contributed by atoms with Crippen molar-refractivity contribution in [2.75, 3.05) is 19.4 Å². The summed E-state index contributed by atoms with van der Waals surface area (Å²) in [4.78, 5) is 11.0. The van der Waals surface area contributed by atoms with Crippen molar-refractivity contribution in [3.05, 3.63) is 23.3 Å². The van der Waals surface area contributed by atoms with Gasteiger partial charge in [-0.1, -0.05) is 0 Å². The number of aryl methyl sites for hydroxylation is 1. The summed E-state index contributed by atoms with van der Waals surface area (Å²) in [5.41, 5.74) is 7.25. The Bertz CT molecular complexity index is 613. The number of nitrogens with two attached hydrogens (primary N) is 1. The number of esters is 1. The van der Waals surface area contributed by atoms with E-state index in [2.05, 4.69) is 9.46 Å². The first-order valence-electron chi connectivity index (χ1n) is 5.81.